The van der Waals surface area contributed by atoms with Crippen molar-refractivity contribution in [2.75, 3.05) is 72.0 Å². The fourth-order valence-electron chi connectivity index (χ4n) is 12.4. The maximum Gasteiger partial charge on any atom is 0.272 e. The normalized spacial score (nSPS) is 21.9. The highest BCUT2D eigenvalue weighted by Crippen LogP contribution is 2.34. The summed E-state index contributed by atoms with van der Waals surface area (Å²) in [5.74, 6) is -2.49. The number of likely N-dealkylation sites (tertiary alicyclic amines) is 3. The van der Waals surface area contributed by atoms with Gasteiger partial charge >= 0.3 is 0 Å². The van der Waals surface area contributed by atoms with Crippen molar-refractivity contribution in [3.05, 3.63) is 111 Å². The van der Waals surface area contributed by atoms with Crippen LogP contribution in [0.2, 0.25) is 0 Å². The predicted octanol–water partition coefficient (Wildman–Crippen LogP) is 7.32. The third-order valence-electron chi connectivity index (χ3n) is 16.8. The number of hydrogen-bond donors (Lipinski definition) is 2. The first-order valence-electron chi connectivity index (χ1n) is 27.9. The highest BCUT2D eigenvalue weighted by atomic mass is 19.1. The fraction of sp³-hybridized carbons (Fsp3) is 0.576. The first-order chi connectivity index (χ1) is 36.6. The van der Waals surface area contributed by atoms with Crippen molar-refractivity contribution in [2.24, 2.45) is 17.3 Å². The van der Waals surface area contributed by atoms with E-state index in [-0.39, 0.29) is 84.0 Å². The molecule has 2 N–H and O–H groups in total. The molecule has 4 saturated heterocycles. The molecule has 3 aromatic carbocycles. The largest absolute Gasteiger partial charge is 0.374 e. The van der Waals surface area contributed by atoms with Crippen LogP contribution in [0, 0.1) is 28.9 Å². The van der Waals surface area contributed by atoms with Crippen LogP contribution in [0.15, 0.2) is 65.5 Å². The van der Waals surface area contributed by atoms with Crippen LogP contribution in [0.1, 0.15) is 142 Å². The Morgan fingerprint density at radius 3 is 2.20 bits per heavy atom. The number of hydrogen-bond acceptors (Lipinski definition) is 9. The molecule has 0 spiro atoms. The van der Waals surface area contributed by atoms with E-state index in [4.69, 9.17) is 4.74 Å². The van der Waals surface area contributed by atoms with Gasteiger partial charge in [-0.15, -0.1) is 0 Å². The van der Waals surface area contributed by atoms with Gasteiger partial charge in [0.1, 0.15) is 17.7 Å². The molecule has 0 bridgehead atoms. The van der Waals surface area contributed by atoms with Gasteiger partial charge in [-0.1, -0.05) is 83.4 Å². The number of carbonyl (C=O) groups excluding carboxylic acids is 5. The van der Waals surface area contributed by atoms with Crippen LogP contribution < -0.4 is 10.9 Å². The molecule has 4 aromatic rings. The Hall–Kier alpha value is -6.07. The Balaban J connectivity index is 0.739. The monoisotopic (exact) mass is 1050 g/mol. The van der Waals surface area contributed by atoms with Gasteiger partial charge in [0.05, 0.1) is 41.0 Å². The molecule has 4 atom stereocenters. The summed E-state index contributed by atoms with van der Waals surface area (Å²) in [4.78, 5) is 90.6. The number of fused-ring (bicyclic) bond motifs is 1. The lowest BCUT2D eigenvalue weighted by Crippen LogP contribution is -2.57. The average molecular weight is 1050 g/mol. The average Bonchev–Trinajstić information content (AvgIpc) is 3.44. The van der Waals surface area contributed by atoms with E-state index in [1.807, 2.05) is 42.7 Å². The Morgan fingerprint density at radius 1 is 0.750 bits per heavy atom. The lowest BCUT2D eigenvalue weighted by Gasteiger charge is -2.43. The topological polar surface area (TPSA) is 169 Å². The van der Waals surface area contributed by atoms with Crippen LogP contribution in [0.3, 0.4) is 0 Å². The minimum Gasteiger partial charge on any atom is -0.374 e. The molecule has 17 heteroatoms. The summed E-state index contributed by atoms with van der Waals surface area (Å²) in [7, 11) is 0. The minimum absolute atomic E-state index is 0.00829. The zero-order chi connectivity index (χ0) is 53.7. The van der Waals surface area contributed by atoms with Crippen molar-refractivity contribution < 1.29 is 37.5 Å². The number of piperidine rings is 3. The van der Waals surface area contributed by atoms with Gasteiger partial charge in [0.25, 0.3) is 17.4 Å². The number of piperazine rings is 1. The predicted molar refractivity (Wildman–Crippen MR) is 286 cm³/mol. The van der Waals surface area contributed by atoms with Gasteiger partial charge in [-0.25, -0.2) is 13.9 Å². The molecular formula is C59H76F2N8O7. The second-order valence-electron chi connectivity index (χ2n) is 23.0. The summed E-state index contributed by atoms with van der Waals surface area (Å²) in [5.41, 5.74) is 0.775. The first kappa shape index (κ1) is 54.7. The zero-order valence-corrected chi connectivity index (χ0v) is 44.8. The number of nitrogens with zero attached hydrogens (tertiary/aromatic N) is 6. The number of amides is 5. The molecule has 1 saturated carbocycles. The number of aromatic nitrogens is 2. The Labute approximate surface area is 445 Å². The van der Waals surface area contributed by atoms with E-state index >= 15 is 8.78 Å². The highest BCUT2D eigenvalue weighted by molar-refractivity contribution is 5.98. The second kappa shape index (κ2) is 24.1. The van der Waals surface area contributed by atoms with Crippen molar-refractivity contribution in [3.63, 3.8) is 0 Å². The summed E-state index contributed by atoms with van der Waals surface area (Å²) < 4.78 is 38.4. The van der Waals surface area contributed by atoms with Crippen LogP contribution in [-0.4, -0.2) is 154 Å². The molecule has 408 valence electrons. The molecule has 2 unspecified atom stereocenters. The van der Waals surface area contributed by atoms with Crippen molar-refractivity contribution in [1.82, 2.24) is 40.0 Å². The van der Waals surface area contributed by atoms with Gasteiger partial charge in [0.15, 0.2) is 0 Å². The van der Waals surface area contributed by atoms with Crippen LogP contribution in [0.25, 0.3) is 10.8 Å². The Bertz CT molecular complexity index is 2810. The molecule has 9 rings (SSSR count). The highest BCUT2D eigenvalue weighted by Gasteiger charge is 2.40. The van der Waals surface area contributed by atoms with Crippen molar-refractivity contribution in [3.8, 4) is 0 Å². The molecule has 15 nitrogen and oxygen atoms in total. The molecule has 1 aliphatic carbocycles. The van der Waals surface area contributed by atoms with Crippen LogP contribution >= 0.6 is 0 Å². The van der Waals surface area contributed by atoms with Crippen LogP contribution in [-0.2, 0) is 25.5 Å². The molecule has 5 heterocycles. The van der Waals surface area contributed by atoms with Gasteiger partial charge in [-0.05, 0) is 92.7 Å². The van der Waals surface area contributed by atoms with Crippen molar-refractivity contribution >= 4 is 40.3 Å². The third-order valence-corrected chi connectivity index (χ3v) is 16.8. The van der Waals surface area contributed by atoms with E-state index < -0.39 is 34.9 Å². The molecule has 1 aromatic heterocycles. The van der Waals surface area contributed by atoms with Crippen molar-refractivity contribution in [1.29, 1.82) is 0 Å². The molecule has 5 fully saturated rings. The Morgan fingerprint density at radius 2 is 1.47 bits per heavy atom. The number of halogens is 2. The maximum absolute atomic E-state index is 16.5. The van der Waals surface area contributed by atoms with Crippen LogP contribution in [0.4, 0.5) is 8.78 Å². The summed E-state index contributed by atoms with van der Waals surface area (Å²) in [6.07, 6.45) is 9.41. The molecule has 4 aliphatic heterocycles. The van der Waals surface area contributed by atoms with Crippen molar-refractivity contribution in [2.45, 2.75) is 129 Å². The SMILES string of the molecule is CC[C@H]1CN(C(=O)[C@H](NC(=O)c2cccc(C3CCCN(C(=O)C(C)(C)C)C3)c2F)C2CCCCC2)CCC1OC1CCN(CC(=O)N2CCN(C(=O)c3cc(Cc4n[nH]c(=O)c5ccccc45)ccc3F)CC2)CC1. The number of benzene rings is 3. The minimum atomic E-state index is -0.770. The van der Waals surface area contributed by atoms with Gasteiger partial charge in [0, 0.05) is 94.5 Å². The fourth-order valence-corrected chi connectivity index (χ4v) is 12.4. The number of H-pyrrole nitrogens is 1. The molecular weight excluding hydrogens is 971 g/mol. The molecule has 76 heavy (non-hydrogen) atoms. The lowest BCUT2D eigenvalue weighted by molar-refractivity contribution is -0.144. The van der Waals surface area contributed by atoms with Gasteiger partial charge in [-0.3, -0.25) is 33.7 Å². The lowest BCUT2D eigenvalue weighted by atomic mass is 9.82. The van der Waals surface area contributed by atoms with E-state index in [0.717, 1.165) is 57.8 Å². The number of ether oxygens (including phenoxy) is 1. The summed E-state index contributed by atoms with van der Waals surface area (Å²) in [5, 5.41) is 11.0. The molecule has 0 radical (unpaired) electrons. The van der Waals surface area contributed by atoms with Gasteiger partial charge in [-0.2, -0.15) is 5.10 Å². The molecule has 5 aliphatic rings. The van der Waals surface area contributed by atoms with E-state index in [2.05, 4.69) is 27.3 Å². The number of carbonyl (C=O) groups is 5. The van der Waals surface area contributed by atoms with E-state index in [1.54, 1.807) is 46.2 Å². The zero-order valence-electron chi connectivity index (χ0n) is 44.8. The van der Waals surface area contributed by atoms with E-state index in [1.165, 1.54) is 12.1 Å². The Kier molecular flexibility index (Phi) is 17.3. The summed E-state index contributed by atoms with van der Waals surface area (Å²) >= 11 is 0. The summed E-state index contributed by atoms with van der Waals surface area (Å²) in [6.45, 7) is 12.7. The van der Waals surface area contributed by atoms with Crippen LogP contribution in [0.5, 0.6) is 0 Å². The number of aromatic amines is 1. The summed E-state index contributed by atoms with van der Waals surface area (Å²) in [6, 6.07) is 15.7. The smallest absolute Gasteiger partial charge is 0.272 e. The number of rotatable bonds is 13. The second-order valence-corrected chi connectivity index (χ2v) is 23.0. The van der Waals surface area contributed by atoms with E-state index in [9.17, 15) is 28.8 Å². The van der Waals surface area contributed by atoms with Gasteiger partial charge in [0.2, 0.25) is 17.7 Å². The standard InChI is InChI=1S/C59H76F2N8O7/c1-5-39-35-68(57(74)53(40-13-7-6-8-14-40)62-54(71)46-19-11-18-43(52(46)61)41-15-12-25-69(36-41)58(75)59(2,3)4)28-24-50(39)76-42-22-26-65(27-23-42)37-51(70)66-29-31-67(32-30-66)56(73)47-33-38(20-21-48(47)60)34-49-44-16-9-10-17-45(44)55(72)64-63-49/h9-11,16-21,33,39-42,50,53H,5-8,12-15,22-32,34-37H2,1-4H3,(H,62,71)(H,64,72)/t39-,41?,50?,53+/m0/s1. The number of nitrogens with one attached hydrogen (secondary N) is 2. The maximum atomic E-state index is 16.5. The first-order valence-corrected chi connectivity index (χ1v) is 27.9. The molecule has 5 amide bonds. The van der Waals surface area contributed by atoms with E-state index in [0.29, 0.717) is 99.2 Å². The van der Waals surface area contributed by atoms with Gasteiger partial charge < -0.3 is 29.7 Å². The third kappa shape index (κ3) is 12.5. The quantitative estimate of drug-likeness (QED) is 0.140.